The zero-order valence-corrected chi connectivity index (χ0v) is 11.3. The number of rotatable bonds is 5. The number of carboxylic acid groups (broad SMARTS) is 1. The van der Waals surface area contributed by atoms with Crippen LogP contribution in [0.2, 0.25) is 10.0 Å². The largest absolute Gasteiger partial charge is 0.495 e. The van der Waals surface area contributed by atoms with Gasteiger partial charge in [0.1, 0.15) is 5.75 Å². The van der Waals surface area contributed by atoms with E-state index in [9.17, 15) is 4.79 Å². The smallest absolute Gasteiger partial charge is 0.317 e. The fraction of sp³-hybridized carbons (Fsp3) is 0.300. The average molecular weight is 301 g/mol. The molecule has 0 aliphatic carbocycles. The fourth-order valence-electron chi connectivity index (χ4n) is 1.28. The van der Waals surface area contributed by atoms with E-state index in [0.29, 0.717) is 22.3 Å². The fourth-order valence-corrected chi connectivity index (χ4v) is 1.89. The van der Waals surface area contributed by atoms with Crippen LogP contribution in [-0.2, 0) is 11.3 Å². The zero-order chi connectivity index (χ0) is 12.1. The Morgan fingerprint density at radius 3 is 2.65 bits per heavy atom. The van der Waals surface area contributed by atoms with Crippen LogP contribution in [0.15, 0.2) is 12.1 Å². The van der Waals surface area contributed by atoms with Crippen molar-refractivity contribution in [1.29, 1.82) is 0 Å². The third-order valence-electron chi connectivity index (χ3n) is 1.88. The third kappa shape index (κ3) is 5.00. The van der Waals surface area contributed by atoms with Gasteiger partial charge in [-0.15, -0.1) is 12.4 Å². The first-order chi connectivity index (χ1) is 7.54. The second-order valence-corrected chi connectivity index (χ2v) is 3.92. The predicted molar refractivity (Wildman–Crippen MR) is 69.6 cm³/mol. The number of halogens is 3. The molecule has 0 unspecified atom stereocenters. The molecule has 4 nitrogen and oxygen atoms in total. The number of benzene rings is 1. The lowest BCUT2D eigenvalue weighted by molar-refractivity contribution is -0.135. The Kier molecular flexibility index (Phi) is 7.30. The van der Waals surface area contributed by atoms with Gasteiger partial charge >= 0.3 is 5.97 Å². The summed E-state index contributed by atoms with van der Waals surface area (Å²) in [5.74, 6) is -0.420. The van der Waals surface area contributed by atoms with E-state index >= 15 is 0 Å². The molecule has 17 heavy (non-hydrogen) atoms. The summed E-state index contributed by atoms with van der Waals surface area (Å²) in [7, 11) is 1.50. The number of carbonyl (C=O) groups is 1. The molecule has 1 aromatic carbocycles. The summed E-state index contributed by atoms with van der Waals surface area (Å²) in [6.45, 7) is 0.197. The highest BCUT2D eigenvalue weighted by molar-refractivity contribution is 6.35. The number of methoxy groups -OCH3 is 1. The number of nitrogens with one attached hydrogen (secondary N) is 1. The van der Waals surface area contributed by atoms with Gasteiger partial charge in [-0.3, -0.25) is 4.79 Å². The highest BCUT2D eigenvalue weighted by Gasteiger charge is 2.09. The molecule has 0 bridgehead atoms. The lowest BCUT2D eigenvalue weighted by Crippen LogP contribution is -2.22. The Labute approximate surface area is 115 Å². The molecule has 0 aromatic heterocycles. The molecule has 0 aliphatic rings. The first-order valence-electron chi connectivity index (χ1n) is 4.49. The van der Waals surface area contributed by atoms with Crippen LogP contribution in [0.25, 0.3) is 0 Å². The van der Waals surface area contributed by atoms with Crippen LogP contribution in [0.3, 0.4) is 0 Å². The van der Waals surface area contributed by atoms with Crippen LogP contribution in [0, 0.1) is 0 Å². The van der Waals surface area contributed by atoms with Crippen LogP contribution in [0.1, 0.15) is 5.56 Å². The summed E-state index contributed by atoms with van der Waals surface area (Å²) in [5.41, 5.74) is 0.723. The van der Waals surface area contributed by atoms with Gasteiger partial charge in [0, 0.05) is 17.1 Å². The van der Waals surface area contributed by atoms with Gasteiger partial charge in [-0.25, -0.2) is 0 Å². The van der Waals surface area contributed by atoms with Crippen molar-refractivity contribution in [1.82, 2.24) is 5.32 Å². The van der Waals surface area contributed by atoms with Crippen molar-refractivity contribution >= 4 is 41.6 Å². The minimum Gasteiger partial charge on any atom is -0.495 e. The summed E-state index contributed by atoms with van der Waals surface area (Å²) in [6, 6.07) is 3.25. The van der Waals surface area contributed by atoms with Crippen molar-refractivity contribution in [2.24, 2.45) is 0 Å². The first-order valence-corrected chi connectivity index (χ1v) is 5.24. The summed E-state index contributed by atoms with van der Waals surface area (Å²) in [5, 5.41) is 12.1. The van der Waals surface area contributed by atoms with E-state index in [1.807, 2.05) is 0 Å². The van der Waals surface area contributed by atoms with Crippen LogP contribution in [0.5, 0.6) is 5.75 Å². The van der Waals surface area contributed by atoms with Crippen molar-refractivity contribution in [2.45, 2.75) is 6.54 Å². The predicted octanol–water partition coefficient (Wildman–Crippen LogP) is 2.60. The average Bonchev–Trinajstić information content (AvgIpc) is 2.16. The first kappa shape index (κ1) is 16.3. The van der Waals surface area contributed by atoms with Crippen molar-refractivity contribution < 1.29 is 14.6 Å². The van der Waals surface area contributed by atoms with Crippen molar-refractivity contribution in [3.8, 4) is 5.75 Å². The number of hydrogen-bond donors (Lipinski definition) is 2. The van der Waals surface area contributed by atoms with E-state index in [4.69, 9.17) is 33.0 Å². The van der Waals surface area contributed by atoms with E-state index < -0.39 is 5.97 Å². The Bertz CT molecular complexity index is 399. The molecule has 0 saturated carbocycles. The van der Waals surface area contributed by atoms with Crippen molar-refractivity contribution in [3.63, 3.8) is 0 Å². The molecule has 1 aromatic rings. The number of aliphatic carboxylic acids is 1. The Morgan fingerprint density at radius 2 is 2.12 bits per heavy atom. The van der Waals surface area contributed by atoms with E-state index in [1.165, 1.54) is 7.11 Å². The maximum Gasteiger partial charge on any atom is 0.317 e. The molecular weight excluding hydrogens is 288 g/mol. The summed E-state index contributed by atoms with van der Waals surface area (Å²) in [4.78, 5) is 10.3. The maximum absolute atomic E-state index is 10.3. The third-order valence-corrected chi connectivity index (χ3v) is 2.38. The highest BCUT2D eigenvalue weighted by atomic mass is 35.5. The monoisotopic (exact) mass is 299 g/mol. The normalized spacial score (nSPS) is 9.59. The quantitative estimate of drug-likeness (QED) is 0.877. The van der Waals surface area contributed by atoms with E-state index in [-0.39, 0.29) is 19.0 Å². The van der Waals surface area contributed by atoms with Gasteiger partial charge in [0.25, 0.3) is 0 Å². The van der Waals surface area contributed by atoms with Gasteiger partial charge in [0.2, 0.25) is 0 Å². The highest BCUT2D eigenvalue weighted by Crippen LogP contribution is 2.31. The Morgan fingerprint density at radius 1 is 1.47 bits per heavy atom. The molecule has 0 aliphatic heterocycles. The summed E-state index contributed by atoms with van der Waals surface area (Å²) >= 11 is 11.8. The summed E-state index contributed by atoms with van der Waals surface area (Å²) < 4.78 is 5.11. The topological polar surface area (TPSA) is 58.6 Å². The van der Waals surface area contributed by atoms with E-state index in [2.05, 4.69) is 5.32 Å². The van der Waals surface area contributed by atoms with Crippen LogP contribution in [-0.4, -0.2) is 24.7 Å². The standard InChI is InChI=1S/C10H11Cl2NO3.ClH/c1-16-10-6(4-13-5-9(14)15)2-7(11)3-8(10)12;/h2-3,13H,4-5H2,1H3,(H,14,15);1H. The Balaban J connectivity index is 0.00000256. The zero-order valence-electron chi connectivity index (χ0n) is 9.00. The number of ether oxygens (including phenoxy) is 1. The minimum absolute atomic E-state index is 0. The van der Waals surface area contributed by atoms with Crippen molar-refractivity contribution in [3.05, 3.63) is 27.7 Å². The van der Waals surface area contributed by atoms with Crippen LogP contribution in [0.4, 0.5) is 0 Å². The number of hydrogen-bond acceptors (Lipinski definition) is 3. The van der Waals surface area contributed by atoms with E-state index in [1.54, 1.807) is 12.1 Å². The van der Waals surface area contributed by atoms with Gasteiger partial charge in [0.15, 0.2) is 0 Å². The van der Waals surface area contributed by atoms with Gasteiger partial charge in [-0.05, 0) is 12.1 Å². The van der Waals surface area contributed by atoms with Gasteiger partial charge in [0.05, 0.1) is 18.7 Å². The lowest BCUT2D eigenvalue weighted by Gasteiger charge is -2.11. The number of carboxylic acids is 1. The molecule has 1 rings (SSSR count). The molecule has 0 spiro atoms. The molecule has 0 heterocycles. The van der Waals surface area contributed by atoms with Crippen LogP contribution < -0.4 is 10.1 Å². The second-order valence-electron chi connectivity index (χ2n) is 3.08. The SMILES string of the molecule is COc1c(Cl)cc(Cl)cc1CNCC(=O)O.Cl. The molecule has 0 atom stereocenters. The van der Waals surface area contributed by atoms with Gasteiger partial charge in [-0.1, -0.05) is 23.2 Å². The molecule has 2 N–H and O–H groups in total. The van der Waals surface area contributed by atoms with Gasteiger partial charge < -0.3 is 15.2 Å². The molecule has 0 amide bonds. The lowest BCUT2D eigenvalue weighted by atomic mass is 10.2. The Hall–Kier alpha value is -0.680. The molecule has 7 heteroatoms. The molecule has 0 radical (unpaired) electrons. The molecule has 0 fully saturated rings. The van der Waals surface area contributed by atoms with E-state index in [0.717, 1.165) is 5.56 Å². The minimum atomic E-state index is -0.924. The molecule has 96 valence electrons. The van der Waals surface area contributed by atoms with Gasteiger partial charge in [-0.2, -0.15) is 0 Å². The van der Waals surface area contributed by atoms with Crippen LogP contribution >= 0.6 is 35.6 Å². The second kappa shape index (κ2) is 7.61. The maximum atomic E-state index is 10.3. The molecule has 0 saturated heterocycles. The molecular formula is C10H12Cl3NO3. The summed E-state index contributed by atoms with van der Waals surface area (Å²) in [6.07, 6.45) is 0. The van der Waals surface area contributed by atoms with Crippen molar-refractivity contribution in [2.75, 3.05) is 13.7 Å².